The average Bonchev–Trinajstić information content (AvgIpc) is 3.18. The van der Waals surface area contributed by atoms with E-state index in [2.05, 4.69) is 9.82 Å². The van der Waals surface area contributed by atoms with Gasteiger partial charge in [0, 0.05) is 6.54 Å². The first-order chi connectivity index (χ1) is 13.7. The van der Waals surface area contributed by atoms with E-state index in [1.165, 1.54) is 35.0 Å². The number of halogens is 3. The van der Waals surface area contributed by atoms with Gasteiger partial charge in [-0.05, 0) is 43.2 Å². The molecule has 0 unspecified atom stereocenters. The van der Waals surface area contributed by atoms with Gasteiger partial charge in [-0.3, -0.25) is 0 Å². The Hall–Kier alpha value is -2.16. The number of nitrogens with zero attached hydrogens (tertiary/aromatic N) is 3. The molecule has 0 saturated heterocycles. The Morgan fingerprint density at radius 2 is 2.00 bits per heavy atom. The minimum Gasteiger partial charge on any atom is -0.382 e. The number of hydrogen-bond acceptors (Lipinski definition) is 6. The number of aryl methyl sites for hydroxylation is 1. The van der Waals surface area contributed by atoms with Crippen molar-refractivity contribution < 1.29 is 12.8 Å². The van der Waals surface area contributed by atoms with Crippen LogP contribution < -0.4 is 10.5 Å². The number of anilines is 1. The molecule has 3 aromatic rings. The van der Waals surface area contributed by atoms with Gasteiger partial charge in [0.15, 0.2) is 0 Å². The highest BCUT2D eigenvalue weighted by Crippen LogP contribution is 2.34. The number of aromatic nitrogens is 2. The summed E-state index contributed by atoms with van der Waals surface area (Å²) in [6.45, 7) is 0.0975. The number of hydrogen-bond donors (Lipinski definition) is 2. The third-order valence-corrected chi connectivity index (χ3v) is 7.19. The third-order valence-electron chi connectivity index (χ3n) is 3.97. The normalized spacial score (nSPS) is 11.5. The topological polar surface area (TPSA) is 114 Å². The van der Waals surface area contributed by atoms with Crippen LogP contribution in [0, 0.1) is 17.1 Å². The maximum absolute atomic E-state index is 13.1. The van der Waals surface area contributed by atoms with E-state index in [0.29, 0.717) is 24.2 Å². The van der Waals surface area contributed by atoms with Gasteiger partial charge in [0.1, 0.15) is 32.5 Å². The molecule has 7 nitrogen and oxygen atoms in total. The minimum absolute atomic E-state index is 0.0725. The summed E-state index contributed by atoms with van der Waals surface area (Å²) < 4.78 is 41.9. The van der Waals surface area contributed by atoms with Crippen molar-refractivity contribution in [3.05, 3.63) is 56.1 Å². The van der Waals surface area contributed by atoms with E-state index in [-0.39, 0.29) is 31.5 Å². The van der Waals surface area contributed by atoms with Crippen molar-refractivity contribution in [2.45, 2.75) is 17.7 Å². The molecule has 0 saturated carbocycles. The van der Waals surface area contributed by atoms with Gasteiger partial charge in [0.2, 0.25) is 10.0 Å². The zero-order valence-corrected chi connectivity index (χ0v) is 17.8. The van der Waals surface area contributed by atoms with Crippen LogP contribution in [0.2, 0.25) is 8.67 Å². The number of rotatable bonds is 7. The van der Waals surface area contributed by atoms with Gasteiger partial charge in [-0.2, -0.15) is 10.4 Å². The molecular formula is C17H14Cl2FN5O2S2. The van der Waals surface area contributed by atoms with Crippen LogP contribution in [0.15, 0.2) is 35.2 Å². The lowest BCUT2D eigenvalue weighted by atomic mass is 10.1. The second-order valence-electron chi connectivity index (χ2n) is 5.90. The van der Waals surface area contributed by atoms with Crippen LogP contribution in [-0.4, -0.2) is 24.7 Å². The molecule has 0 bridgehead atoms. The van der Waals surface area contributed by atoms with Crippen molar-refractivity contribution in [1.82, 2.24) is 14.5 Å². The number of nitrogens with two attached hydrogens (primary N) is 1. The molecule has 1 aromatic carbocycles. The van der Waals surface area contributed by atoms with Gasteiger partial charge in [-0.15, -0.1) is 11.3 Å². The molecule has 152 valence electrons. The lowest BCUT2D eigenvalue weighted by Gasteiger charge is -2.05. The first-order valence-electron chi connectivity index (χ1n) is 8.21. The zero-order valence-electron chi connectivity index (χ0n) is 14.7. The van der Waals surface area contributed by atoms with Crippen LogP contribution in [0.5, 0.6) is 0 Å². The molecular weight excluding hydrogens is 460 g/mol. The molecule has 0 radical (unpaired) electrons. The van der Waals surface area contributed by atoms with Crippen molar-refractivity contribution in [2.75, 3.05) is 12.3 Å². The third kappa shape index (κ3) is 4.71. The van der Waals surface area contributed by atoms with Crippen molar-refractivity contribution in [3.8, 4) is 11.8 Å². The van der Waals surface area contributed by atoms with Gasteiger partial charge >= 0.3 is 0 Å². The fourth-order valence-corrected chi connectivity index (χ4v) is 5.82. The summed E-state index contributed by atoms with van der Waals surface area (Å²) in [4.78, 5) is -0.0725. The molecule has 12 heteroatoms. The molecule has 3 rings (SSSR count). The lowest BCUT2D eigenvalue weighted by Crippen LogP contribution is -2.25. The molecule has 0 aliphatic heterocycles. The predicted molar refractivity (Wildman–Crippen MR) is 110 cm³/mol. The SMILES string of the molecule is N#Cc1c(CCCNS(=O)(=O)c2cc(Cl)sc2Cl)nn(-c2ccc(F)cc2)c1N. The fraction of sp³-hybridized carbons (Fsp3) is 0.176. The highest BCUT2D eigenvalue weighted by molar-refractivity contribution is 7.89. The van der Waals surface area contributed by atoms with Gasteiger partial charge in [0.05, 0.1) is 15.7 Å². The van der Waals surface area contributed by atoms with Crippen LogP contribution in [0.1, 0.15) is 17.7 Å². The van der Waals surface area contributed by atoms with Crippen molar-refractivity contribution in [3.63, 3.8) is 0 Å². The molecule has 0 aliphatic rings. The Labute approximate surface area is 180 Å². The molecule has 0 fully saturated rings. The maximum Gasteiger partial charge on any atom is 0.242 e. The molecule has 0 aliphatic carbocycles. The van der Waals surface area contributed by atoms with E-state index in [1.54, 1.807) is 0 Å². The first kappa shape index (κ1) is 21.5. The molecule has 0 spiro atoms. The zero-order chi connectivity index (χ0) is 21.2. The second-order valence-corrected chi connectivity index (χ2v) is 9.92. The summed E-state index contributed by atoms with van der Waals surface area (Å²) in [5, 5.41) is 13.7. The number of nitriles is 1. The van der Waals surface area contributed by atoms with E-state index in [1.807, 2.05) is 6.07 Å². The van der Waals surface area contributed by atoms with E-state index >= 15 is 0 Å². The van der Waals surface area contributed by atoms with E-state index in [4.69, 9.17) is 28.9 Å². The summed E-state index contributed by atoms with van der Waals surface area (Å²) in [7, 11) is -3.80. The summed E-state index contributed by atoms with van der Waals surface area (Å²) >= 11 is 12.7. The van der Waals surface area contributed by atoms with Crippen molar-refractivity contribution in [2.24, 2.45) is 0 Å². The van der Waals surface area contributed by atoms with Gasteiger partial charge in [0.25, 0.3) is 0 Å². The summed E-state index contributed by atoms with van der Waals surface area (Å²) in [6.07, 6.45) is 0.672. The number of nitrogens with one attached hydrogen (secondary N) is 1. The molecule has 2 aromatic heterocycles. The number of nitrogen functional groups attached to an aromatic ring is 1. The van der Waals surface area contributed by atoms with Gasteiger partial charge in [-0.1, -0.05) is 23.2 Å². The lowest BCUT2D eigenvalue weighted by molar-refractivity contribution is 0.579. The predicted octanol–water partition coefficient (Wildman–Crippen LogP) is 3.74. The summed E-state index contributed by atoms with van der Waals surface area (Å²) in [5.41, 5.74) is 7.13. The van der Waals surface area contributed by atoms with Crippen LogP contribution >= 0.6 is 34.5 Å². The molecule has 2 heterocycles. The molecule has 0 atom stereocenters. The summed E-state index contributed by atoms with van der Waals surface area (Å²) in [5.74, 6) is -0.270. The van der Waals surface area contributed by atoms with Gasteiger partial charge < -0.3 is 5.73 Å². The maximum atomic E-state index is 13.1. The average molecular weight is 474 g/mol. The number of sulfonamides is 1. The fourth-order valence-electron chi connectivity index (χ4n) is 2.60. The van der Waals surface area contributed by atoms with Crippen LogP contribution in [0.25, 0.3) is 5.69 Å². The Morgan fingerprint density at radius 1 is 1.31 bits per heavy atom. The van der Waals surface area contributed by atoms with Crippen LogP contribution in [0.4, 0.5) is 10.2 Å². The van der Waals surface area contributed by atoms with Crippen LogP contribution in [0.3, 0.4) is 0 Å². The minimum atomic E-state index is -3.80. The number of benzene rings is 1. The Morgan fingerprint density at radius 3 is 2.59 bits per heavy atom. The second kappa shape index (κ2) is 8.69. The largest absolute Gasteiger partial charge is 0.382 e. The molecule has 0 amide bonds. The standard InChI is InChI=1S/C17H14Cl2FN5O2S2/c18-15-8-14(16(19)28-15)29(26,27)23-7-1-2-13-12(9-21)17(22)25(24-13)11-5-3-10(20)4-6-11/h3-6,8,23H,1-2,7,22H2. The smallest absolute Gasteiger partial charge is 0.242 e. The molecule has 29 heavy (non-hydrogen) atoms. The van der Waals surface area contributed by atoms with E-state index < -0.39 is 15.8 Å². The van der Waals surface area contributed by atoms with E-state index in [0.717, 1.165) is 11.3 Å². The monoisotopic (exact) mass is 473 g/mol. The van der Waals surface area contributed by atoms with Crippen molar-refractivity contribution in [1.29, 1.82) is 5.26 Å². The Balaban J connectivity index is 1.70. The van der Waals surface area contributed by atoms with E-state index in [9.17, 15) is 18.1 Å². The Bertz CT molecular complexity index is 1180. The number of thiophene rings is 1. The summed E-state index contributed by atoms with van der Waals surface area (Å²) in [6, 6.07) is 8.81. The quantitative estimate of drug-likeness (QED) is 0.507. The first-order valence-corrected chi connectivity index (χ1v) is 11.3. The Kier molecular flexibility index (Phi) is 6.45. The van der Waals surface area contributed by atoms with Crippen molar-refractivity contribution >= 4 is 50.4 Å². The van der Waals surface area contributed by atoms with Crippen LogP contribution in [-0.2, 0) is 16.4 Å². The van der Waals surface area contributed by atoms with Gasteiger partial charge in [-0.25, -0.2) is 22.2 Å². The highest BCUT2D eigenvalue weighted by atomic mass is 35.5. The molecule has 3 N–H and O–H groups in total. The highest BCUT2D eigenvalue weighted by Gasteiger charge is 2.21.